The van der Waals surface area contributed by atoms with Crippen LogP contribution in [0.25, 0.3) is 0 Å². The fourth-order valence-electron chi connectivity index (χ4n) is 2.91. The van der Waals surface area contributed by atoms with Gasteiger partial charge in [-0.1, -0.05) is 0 Å². The molecule has 2 aromatic heterocycles. The monoisotopic (exact) mass is 369 g/mol. The Morgan fingerprint density at radius 2 is 2.21 bits per heavy atom. The quantitative estimate of drug-likeness (QED) is 0.779. The molecule has 1 unspecified atom stereocenters. The number of aromatic nitrogens is 3. The van der Waals surface area contributed by atoms with Crippen LogP contribution in [0.4, 0.5) is 5.82 Å². The van der Waals surface area contributed by atoms with Crippen molar-refractivity contribution in [3.05, 3.63) is 28.8 Å². The van der Waals surface area contributed by atoms with Gasteiger partial charge in [0.05, 0.1) is 19.0 Å². The van der Waals surface area contributed by atoms with Crippen LogP contribution in [0.1, 0.15) is 17.8 Å². The summed E-state index contributed by atoms with van der Waals surface area (Å²) in [5.74, 6) is 0.458. The third kappa shape index (κ3) is 3.35. The zero-order chi connectivity index (χ0) is 17.3. The molecule has 0 bridgehead atoms. The van der Waals surface area contributed by atoms with Crippen LogP contribution >= 0.6 is 11.3 Å². The van der Waals surface area contributed by atoms with Crippen LogP contribution in [0.2, 0.25) is 0 Å². The molecule has 8 nitrogen and oxygen atoms in total. The fraction of sp³-hybridized carbons (Fsp3) is 0.500. The van der Waals surface area contributed by atoms with E-state index in [0.717, 1.165) is 12.7 Å². The molecular weight excluding hydrogens is 350 g/mol. The third-order valence-electron chi connectivity index (χ3n) is 4.03. The normalized spacial score (nSPS) is 19.2. The summed E-state index contributed by atoms with van der Waals surface area (Å²) in [5.41, 5.74) is 0. The van der Waals surface area contributed by atoms with E-state index in [1.54, 1.807) is 40.5 Å². The maximum absolute atomic E-state index is 13.0. The predicted octanol–water partition coefficient (Wildman–Crippen LogP) is 0.834. The maximum Gasteiger partial charge on any atom is 0.246 e. The molecule has 10 heteroatoms. The number of carbonyl (C=O) groups excluding carboxylic acids is 1. The number of sulfonamides is 1. The van der Waals surface area contributed by atoms with Gasteiger partial charge in [-0.15, -0.1) is 11.3 Å². The van der Waals surface area contributed by atoms with Crippen LogP contribution < -0.4 is 4.90 Å². The SMILES string of the molecule is Cn1nccc1N1CCCC(N(Cc2nccs2)S(C)(=O)=O)C1=O. The molecule has 2 aromatic rings. The van der Waals surface area contributed by atoms with Gasteiger partial charge in [0, 0.05) is 31.2 Å². The number of rotatable bonds is 5. The molecule has 1 aliphatic rings. The lowest BCUT2D eigenvalue weighted by atomic mass is 10.0. The second kappa shape index (κ2) is 6.61. The van der Waals surface area contributed by atoms with Gasteiger partial charge in [0.2, 0.25) is 15.9 Å². The molecule has 1 fully saturated rings. The molecule has 1 aliphatic heterocycles. The van der Waals surface area contributed by atoms with Crippen LogP contribution in [0.5, 0.6) is 0 Å². The van der Waals surface area contributed by atoms with Crippen LogP contribution in [0, 0.1) is 0 Å². The van der Waals surface area contributed by atoms with Crippen LogP contribution in [0.15, 0.2) is 23.8 Å². The average Bonchev–Trinajstić information content (AvgIpc) is 3.16. The van der Waals surface area contributed by atoms with Crippen molar-refractivity contribution in [3.8, 4) is 0 Å². The summed E-state index contributed by atoms with van der Waals surface area (Å²) >= 11 is 1.38. The highest BCUT2D eigenvalue weighted by atomic mass is 32.2. The number of hydrogen-bond donors (Lipinski definition) is 0. The van der Waals surface area contributed by atoms with Gasteiger partial charge < -0.3 is 0 Å². The summed E-state index contributed by atoms with van der Waals surface area (Å²) in [6.07, 6.45) is 5.62. The van der Waals surface area contributed by atoms with Crippen molar-refractivity contribution in [2.24, 2.45) is 7.05 Å². The number of hydrogen-bond acceptors (Lipinski definition) is 6. The Morgan fingerprint density at radius 1 is 1.42 bits per heavy atom. The number of anilines is 1. The Balaban J connectivity index is 1.89. The fourth-order valence-corrected chi connectivity index (χ4v) is 4.62. The number of amides is 1. The summed E-state index contributed by atoms with van der Waals surface area (Å²) in [4.78, 5) is 18.7. The Bertz CT molecular complexity index is 815. The Morgan fingerprint density at radius 3 is 2.79 bits per heavy atom. The molecule has 1 amide bonds. The molecule has 0 spiro atoms. The zero-order valence-electron chi connectivity index (χ0n) is 13.5. The van der Waals surface area contributed by atoms with Crippen LogP contribution in [-0.4, -0.2) is 52.2 Å². The van der Waals surface area contributed by atoms with Crippen molar-refractivity contribution in [2.45, 2.75) is 25.4 Å². The second-order valence-electron chi connectivity index (χ2n) is 5.69. The summed E-state index contributed by atoms with van der Waals surface area (Å²) in [5, 5.41) is 6.55. The van der Waals surface area contributed by atoms with Crippen molar-refractivity contribution in [2.75, 3.05) is 17.7 Å². The van der Waals surface area contributed by atoms with E-state index in [0.29, 0.717) is 23.8 Å². The number of piperidine rings is 1. The molecule has 0 N–H and O–H groups in total. The van der Waals surface area contributed by atoms with Gasteiger partial charge in [-0.25, -0.2) is 13.4 Å². The van der Waals surface area contributed by atoms with E-state index in [-0.39, 0.29) is 12.5 Å². The molecule has 0 radical (unpaired) electrons. The first-order valence-corrected chi connectivity index (χ1v) is 10.3. The summed E-state index contributed by atoms with van der Waals surface area (Å²) < 4.78 is 27.4. The number of nitrogens with zero attached hydrogens (tertiary/aromatic N) is 5. The Hall–Kier alpha value is -1.78. The van der Waals surface area contributed by atoms with E-state index < -0.39 is 16.1 Å². The predicted molar refractivity (Wildman–Crippen MR) is 91.1 cm³/mol. The zero-order valence-corrected chi connectivity index (χ0v) is 15.1. The van der Waals surface area contributed by atoms with E-state index in [9.17, 15) is 13.2 Å². The maximum atomic E-state index is 13.0. The van der Waals surface area contributed by atoms with Gasteiger partial charge in [-0.05, 0) is 12.8 Å². The number of aryl methyl sites for hydroxylation is 1. The molecule has 0 saturated carbocycles. The molecule has 24 heavy (non-hydrogen) atoms. The first-order valence-electron chi connectivity index (χ1n) is 7.52. The van der Waals surface area contributed by atoms with Gasteiger partial charge in [-0.2, -0.15) is 9.40 Å². The van der Waals surface area contributed by atoms with Gasteiger partial charge in [0.15, 0.2) is 0 Å². The van der Waals surface area contributed by atoms with E-state index in [4.69, 9.17) is 0 Å². The Kier molecular flexibility index (Phi) is 4.70. The lowest BCUT2D eigenvalue weighted by Gasteiger charge is -2.36. The highest BCUT2D eigenvalue weighted by Crippen LogP contribution is 2.26. The Labute approximate surface area is 144 Å². The third-order valence-corrected chi connectivity index (χ3v) is 6.03. The molecule has 0 aliphatic carbocycles. The number of thiazole rings is 1. The van der Waals surface area contributed by atoms with Crippen molar-refractivity contribution in [3.63, 3.8) is 0 Å². The van der Waals surface area contributed by atoms with Gasteiger partial charge in [-0.3, -0.25) is 14.4 Å². The van der Waals surface area contributed by atoms with Gasteiger partial charge in [0.25, 0.3) is 0 Å². The molecule has 0 aromatic carbocycles. The summed E-state index contributed by atoms with van der Waals surface area (Å²) in [6.45, 7) is 0.676. The first-order chi connectivity index (χ1) is 11.4. The van der Waals surface area contributed by atoms with Crippen LogP contribution in [-0.2, 0) is 28.4 Å². The van der Waals surface area contributed by atoms with Crippen molar-refractivity contribution >= 4 is 33.1 Å². The van der Waals surface area contributed by atoms with Crippen molar-refractivity contribution in [1.82, 2.24) is 19.1 Å². The van der Waals surface area contributed by atoms with E-state index in [2.05, 4.69) is 10.1 Å². The first kappa shape index (κ1) is 17.1. The minimum Gasteiger partial charge on any atom is -0.296 e. The lowest BCUT2D eigenvalue weighted by Crippen LogP contribution is -2.54. The van der Waals surface area contributed by atoms with Crippen molar-refractivity contribution < 1.29 is 13.2 Å². The molecule has 130 valence electrons. The summed E-state index contributed by atoms with van der Waals surface area (Å²) in [6, 6.07) is 1.04. The topological polar surface area (TPSA) is 88.4 Å². The van der Waals surface area contributed by atoms with Gasteiger partial charge in [0.1, 0.15) is 16.9 Å². The van der Waals surface area contributed by atoms with Gasteiger partial charge >= 0.3 is 0 Å². The van der Waals surface area contributed by atoms with Crippen LogP contribution in [0.3, 0.4) is 0 Å². The highest BCUT2D eigenvalue weighted by molar-refractivity contribution is 7.88. The van der Waals surface area contributed by atoms with Crippen molar-refractivity contribution in [1.29, 1.82) is 0 Å². The number of carbonyl (C=O) groups is 1. The second-order valence-corrected chi connectivity index (χ2v) is 8.61. The van der Waals surface area contributed by atoms with E-state index in [1.165, 1.54) is 15.6 Å². The smallest absolute Gasteiger partial charge is 0.246 e. The lowest BCUT2D eigenvalue weighted by molar-refractivity contribution is -0.123. The molecule has 3 rings (SSSR count). The largest absolute Gasteiger partial charge is 0.296 e. The summed E-state index contributed by atoms with van der Waals surface area (Å²) in [7, 11) is -1.79. The molecular formula is C14H19N5O3S2. The average molecular weight is 369 g/mol. The molecule has 1 atom stereocenters. The van der Waals surface area contributed by atoms with E-state index in [1.807, 2.05) is 0 Å². The minimum absolute atomic E-state index is 0.117. The van der Waals surface area contributed by atoms with E-state index >= 15 is 0 Å². The molecule has 3 heterocycles. The standard InChI is InChI=1S/C14H19N5O3S2/c1-17-13(5-6-16-17)18-8-3-4-11(14(18)20)19(24(2,21)22)10-12-15-7-9-23-12/h5-7,9,11H,3-4,8,10H2,1-2H3. The molecule has 1 saturated heterocycles. The minimum atomic E-state index is -3.55. The highest BCUT2D eigenvalue weighted by Gasteiger charge is 2.39.